The number of nitrogens with zero attached hydrogens (tertiary/aromatic N) is 4. The third-order valence-corrected chi connectivity index (χ3v) is 3.43. The molecule has 1 N–H and O–H groups in total. The van der Waals surface area contributed by atoms with Gasteiger partial charge < -0.3 is 5.32 Å². The Balaban J connectivity index is 1.91. The SMILES string of the molecule is CC(C)(C)NCc1cnn(-c2cccnn2)c1C1CC1. The van der Waals surface area contributed by atoms with Crippen LogP contribution in [0.3, 0.4) is 0 Å². The van der Waals surface area contributed by atoms with Crippen LogP contribution in [0.25, 0.3) is 5.82 Å². The van der Waals surface area contributed by atoms with Crippen molar-refractivity contribution >= 4 is 0 Å². The molecular formula is C15H21N5. The summed E-state index contributed by atoms with van der Waals surface area (Å²) in [4.78, 5) is 0. The van der Waals surface area contributed by atoms with Crippen LogP contribution < -0.4 is 5.32 Å². The van der Waals surface area contributed by atoms with Crippen LogP contribution in [0.5, 0.6) is 0 Å². The van der Waals surface area contributed by atoms with E-state index in [-0.39, 0.29) is 5.54 Å². The van der Waals surface area contributed by atoms with Crippen molar-refractivity contribution < 1.29 is 0 Å². The Morgan fingerprint density at radius 2 is 2.15 bits per heavy atom. The highest BCUT2D eigenvalue weighted by Gasteiger charge is 2.31. The maximum absolute atomic E-state index is 4.52. The molecule has 20 heavy (non-hydrogen) atoms. The molecule has 0 aromatic carbocycles. The summed E-state index contributed by atoms with van der Waals surface area (Å²) in [6, 6.07) is 3.85. The number of hydrogen-bond acceptors (Lipinski definition) is 4. The van der Waals surface area contributed by atoms with Gasteiger partial charge in [-0.05, 0) is 45.7 Å². The standard InChI is InChI=1S/C15H21N5/c1-15(2,3)16-9-12-10-18-20(14(12)11-6-7-11)13-5-4-8-17-19-13/h4-5,8,10-11,16H,6-7,9H2,1-3H3. The number of nitrogens with one attached hydrogen (secondary N) is 1. The first-order valence-corrected chi connectivity index (χ1v) is 7.14. The molecule has 2 heterocycles. The maximum atomic E-state index is 4.52. The molecule has 1 aliphatic rings. The van der Waals surface area contributed by atoms with Crippen LogP contribution >= 0.6 is 0 Å². The monoisotopic (exact) mass is 271 g/mol. The molecule has 0 atom stereocenters. The van der Waals surface area contributed by atoms with Crippen LogP contribution in [-0.4, -0.2) is 25.5 Å². The number of aromatic nitrogens is 4. The molecule has 0 radical (unpaired) electrons. The quantitative estimate of drug-likeness (QED) is 0.928. The Morgan fingerprint density at radius 3 is 2.75 bits per heavy atom. The highest BCUT2D eigenvalue weighted by Crippen LogP contribution is 2.42. The van der Waals surface area contributed by atoms with Gasteiger partial charge in [0.15, 0.2) is 5.82 Å². The topological polar surface area (TPSA) is 55.6 Å². The summed E-state index contributed by atoms with van der Waals surface area (Å²) in [7, 11) is 0. The van der Waals surface area contributed by atoms with Crippen LogP contribution in [0.1, 0.15) is 50.8 Å². The van der Waals surface area contributed by atoms with Gasteiger partial charge in [0, 0.05) is 29.8 Å². The zero-order valence-corrected chi connectivity index (χ0v) is 12.3. The zero-order valence-electron chi connectivity index (χ0n) is 12.3. The molecule has 0 aliphatic heterocycles. The van der Waals surface area contributed by atoms with Crippen molar-refractivity contribution in [2.75, 3.05) is 0 Å². The zero-order chi connectivity index (χ0) is 14.2. The molecular weight excluding hydrogens is 250 g/mol. The minimum atomic E-state index is 0.107. The molecule has 1 saturated carbocycles. The summed E-state index contributed by atoms with van der Waals surface area (Å²) < 4.78 is 1.95. The second-order valence-corrected chi connectivity index (χ2v) is 6.43. The van der Waals surface area contributed by atoms with Crippen molar-refractivity contribution in [1.82, 2.24) is 25.3 Å². The summed E-state index contributed by atoms with van der Waals surface area (Å²) in [6.07, 6.45) is 6.13. The predicted octanol–water partition coefficient (Wildman–Crippen LogP) is 2.43. The minimum Gasteiger partial charge on any atom is -0.308 e. The van der Waals surface area contributed by atoms with E-state index < -0.39 is 0 Å². The summed E-state index contributed by atoms with van der Waals surface area (Å²) in [5.74, 6) is 1.42. The van der Waals surface area contributed by atoms with Crippen molar-refractivity contribution in [1.29, 1.82) is 0 Å². The van der Waals surface area contributed by atoms with Gasteiger partial charge in [0.2, 0.25) is 0 Å². The highest BCUT2D eigenvalue weighted by molar-refractivity contribution is 5.33. The van der Waals surface area contributed by atoms with Crippen molar-refractivity contribution in [3.8, 4) is 5.82 Å². The second kappa shape index (κ2) is 4.98. The molecule has 1 aliphatic carbocycles. The van der Waals surface area contributed by atoms with Crippen LogP contribution in [0.2, 0.25) is 0 Å². The van der Waals surface area contributed by atoms with Gasteiger partial charge in [0.1, 0.15) is 0 Å². The Morgan fingerprint density at radius 1 is 1.35 bits per heavy atom. The fourth-order valence-electron chi connectivity index (χ4n) is 2.27. The molecule has 0 saturated heterocycles. The minimum absolute atomic E-state index is 0.107. The van der Waals surface area contributed by atoms with Crippen LogP contribution in [0.4, 0.5) is 0 Å². The fraction of sp³-hybridized carbons (Fsp3) is 0.533. The summed E-state index contributed by atoms with van der Waals surface area (Å²) in [5.41, 5.74) is 2.67. The van der Waals surface area contributed by atoms with Crippen LogP contribution in [-0.2, 0) is 6.54 Å². The molecule has 0 spiro atoms. The normalized spacial score (nSPS) is 15.6. The first kappa shape index (κ1) is 13.2. The van der Waals surface area contributed by atoms with Gasteiger partial charge in [0.25, 0.3) is 0 Å². The first-order valence-electron chi connectivity index (χ1n) is 7.14. The van der Waals surface area contributed by atoms with Crippen molar-refractivity contribution in [3.63, 3.8) is 0 Å². The lowest BCUT2D eigenvalue weighted by atomic mass is 10.1. The molecule has 0 bridgehead atoms. The van der Waals surface area contributed by atoms with E-state index in [1.807, 2.05) is 23.0 Å². The van der Waals surface area contributed by atoms with E-state index in [0.717, 1.165) is 12.4 Å². The molecule has 3 rings (SSSR count). The lowest BCUT2D eigenvalue weighted by Crippen LogP contribution is -2.35. The Bertz CT molecular complexity index is 578. The molecule has 2 aromatic rings. The Labute approximate surface area is 119 Å². The first-order chi connectivity index (χ1) is 9.54. The summed E-state index contributed by atoms with van der Waals surface area (Å²) in [6.45, 7) is 7.38. The second-order valence-electron chi connectivity index (χ2n) is 6.43. The number of hydrogen-bond donors (Lipinski definition) is 1. The summed E-state index contributed by atoms with van der Waals surface area (Å²) >= 11 is 0. The molecule has 106 valence electrons. The molecule has 0 amide bonds. The van der Waals surface area contributed by atoms with E-state index in [2.05, 4.69) is 41.4 Å². The third kappa shape index (κ3) is 2.88. The van der Waals surface area contributed by atoms with Crippen molar-refractivity contribution in [2.45, 2.75) is 51.6 Å². The van der Waals surface area contributed by atoms with Crippen molar-refractivity contribution in [3.05, 3.63) is 35.8 Å². The molecule has 1 fully saturated rings. The predicted molar refractivity (Wildman–Crippen MR) is 77.7 cm³/mol. The molecule has 0 unspecified atom stereocenters. The smallest absolute Gasteiger partial charge is 0.175 e. The number of rotatable bonds is 4. The Hall–Kier alpha value is -1.75. The lowest BCUT2D eigenvalue weighted by molar-refractivity contribution is 0.423. The van der Waals surface area contributed by atoms with Gasteiger partial charge in [-0.3, -0.25) is 0 Å². The van der Waals surface area contributed by atoms with Gasteiger partial charge in [-0.15, -0.1) is 5.10 Å². The average Bonchev–Trinajstić information content (AvgIpc) is 3.16. The maximum Gasteiger partial charge on any atom is 0.175 e. The van der Waals surface area contributed by atoms with Gasteiger partial charge >= 0.3 is 0 Å². The highest BCUT2D eigenvalue weighted by atomic mass is 15.3. The van der Waals surface area contributed by atoms with Gasteiger partial charge in [-0.2, -0.15) is 10.2 Å². The summed E-state index contributed by atoms with van der Waals surface area (Å²) in [5, 5.41) is 16.2. The largest absolute Gasteiger partial charge is 0.308 e. The third-order valence-electron chi connectivity index (χ3n) is 3.43. The van der Waals surface area contributed by atoms with Crippen LogP contribution in [0, 0.1) is 0 Å². The van der Waals surface area contributed by atoms with E-state index in [0.29, 0.717) is 5.92 Å². The van der Waals surface area contributed by atoms with E-state index in [9.17, 15) is 0 Å². The van der Waals surface area contributed by atoms with Gasteiger partial charge in [0.05, 0.1) is 11.9 Å². The lowest BCUT2D eigenvalue weighted by Gasteiger charge is -2.20. The fourth-order valence-corrected chi connectivity index (χ4v) is 2.27. The molecule has 5 nitrogen and oxygen atoms in total. The van der Waals surface area contributed by atoms with E-state index in [4.69, 9.17) is 0 Å². The molecule has 2 aromatic heterocycles. The van der Waals surface area contributed by atoms with Crippen molar-refractivity contribution in [2.24, 2.45) is 0 Å². The van der Waals surface area contributed by atoms with Gasteiger partial charge in [-0.1, -0.05) is 0 Å². The Kier molecular flexibility index (Phi) is 3.30. The van der Waals surface area contributed by atoms with E-state index >= 15 is 0 Å². The van der Waals surface area contributed by atoms with E-state index in [1.165, 1.54) is 24.1 Å². The van der Waals surface area contributed by atoms with E-state index in [1.54, 1.807) is 6.20 Å². The van der Waals surface area contributed by atoms with Crippen LogP contribution in [0.15, 0.2) is 24.5 Å². The molecule has 5 heteroatoms. The average molecular weight is 271 g/mol. The van der Waals surface area contributed by atoms with Gasteiger partial charge in [-0.25, -0.2) is 4.68 Å².